The molecule has 2 amide bonds. The Kier molecular flexibility index (Phi) is 7.10. The van der Waals surface area contributed by atoms with Gasteiger partial charge in [-0.2, -0.15) is 0 Å². The second kappa shape index (κ2) is 9.30. The molecule has 1 saturated heterocycles. The Morgan fingerprint density at radius 3 is 2.72 bits per heavy atom. The molecule has 1 fully saturated rings. The summed E-state index contributed by atoms with van der Waals surface area (Å²) in [5.41, 5.74) is 1.10. The van der Waals surface area contributed by atoms with Crippen molar-refractivity contribution >= 4 is 11.8 Å². The van der Waals surface area contributed by atoms with Crippen molar-refractivity contribution in [2.75, 3.05) is 33.9 Å². The molecule has 1 N–H and O–H groups in total. The number of ether oxygens (including phenoxy) is 2. The molecule has 0 spiro atoms. The van der Waals surface area contributed by atoms with Gasteiger partial charge in [-0.05, 0) is 30.5 Å². The first kappa shape index (κ1) is 19.1. The van der Waals surface area contributed by atoms with Gasteiger partial charge in [0.1, 0.15) is 0 Å². The number of rotatable bonds is 9. The maximum absolute atomic E-state index is 12.2. The van der Waals surface area contributed by atoms with Gasteiger partial charge in [-0.3, -0.25) is 9.59 Å². The molecule has 1 heterocycles. The third-order valence-corrected chi connectivity index (χ3v) is 4.48. The highest BCUT2D eigenvalue weighted by Crippen LogP contribution is 2.28. The molecule has 0 aliphatic carbocycles. The Morgan fingerprint density at radius 2 is 2.04 bits per heavy atom. The van der Waals surface area contributed by atoms with E-state index in [1.165, 1.54) is 0 Å². The van der Waals surface area contributed by atoms with Gasteiger partial charge < -0.3 is 19.7 Å². The number of benzene rings is 1. The molecular weight excluding hydrogens is 320 g/mol. The highest BCUT2D eigenvalue weighted by atomic mass is 16.5. The maximum Gasteiger partial charge on any atom is 0.223 e. The lowest BCUT2D eigenvalue weighted by Crippen LogP contribution is -2.31. The van der Waals surface area contributed by atoms with Crippen LogP contribution in [-0.4, -0.2) is 50.6 Å². The third kappa shape index (κ3) is 5.37. The van der Waals surface area contributed by atoms with Gasteiger partial charge >= 0.3 is 0 Å². The van der Waals surface area contributed by atoms with Gasteiger partial charge in [-0.15, -0.1) is 0 Å². The molecule has 1 unspecified atom stereocenters. The van der Waals surface area contributed by atoms with Crippen LogP contribution in [0.15, 0.2) is 18.2 Å². The summed E-state index contributed by atoms with van der Waals surface area (Å²) in [6.07, 6.45) is 2.66. The lowest BCUT2D eigenvalue weighted by atomic mass is 10.1. The topological polar surface area (TPSA) is 67.9 Å². The zero-order chi connectivity index (χ0) is 18.2. The number of nitrogens with zero attached hydrogens (tertiary/aromatic N) is 1. The van der Waals surface area contributed by atoms with Gasteiger partial charge in [0.05, 0.1) is 14.2 Å². The summed E-state index contributed by atoms with van der Waals surface area (Å²) >= 11 is 0. The second-order valence-corrected chi connectivity index (χ2v) is 6.40. The predicted octanol–water partition coefficient (Wildman–Crippen LogP) is 2.01. The minimum Gasteiger partial charge on any atom is -0.493 e. The molecule has 0 aromatic heterocycles. The molecule has 1 aromatic rings. The molecule has 0 saturated carbocycles. The van der Waals surface area contributed by atoms with Crippen LogP contribution in [0, 0.1) is 5.92 Å². The van der Waals surface area contributed by atoms with E-state index in [4.69, 9.17) is 9.47 Å². The zero-order valence-electron chi connectivity index (χ0n) is 15.3. The predicted molar refractivity (Wildman–Crippen MR) is 95.9 cm³/mol. The van der Waals surface area contributed by atoms with E-state index in [0.717, 1.165) is 18.4 Å². The average molecular weight is 348 g/mol. The van der Waals surface area contributed by atoms with Crippen molar-refractivity contribution in [3.8, 4) is 11.5 Å². The van der Waals surface area contributed by atoms with Gasteiger partial charge in [-0.25, -0.2) is 0 Å². The lowest BCUT2D eigenvalue weighted by Gasteiger charge is -2.17. The number of carbonyl (C=O) groups excluding carboxylic acids is 2. The van der Waals surface area contributed by atoms with Crippen molar-refractivity contribution in [3.63, 3.8) is 0 Å². The van der Waals surface area contributed by atoms with Crippen LogP contribution >= 0.6 is 0 Å². The first-order valence-corrected chi connectivity index (χ1v) is 8.82. The Labute approximate surface area is 149 Å². The SMILES string of the molecule is CCCC(=O)NCC1CC(=O)N(CCc2ccc(OC)c(OC)c2)C1. The molecule has 0 bridgehead atoms. The lowest BCUT2D eigenvalue weighted by molar-refractivity contribution is -0.127. The summed E-state index contributed by atoms with van der Waals surface area (Å²) < 4.78 is 10.6. The zero-order valence-corrected chi connectivity index (χ0v) is 15.3. The van der Waals surface area contributed by atoms with E-state index in [1.54, 1.807) is 14.2 Å². The van der Waals surface area contributed by atoms with Gasteiger partial charge in [0.2, 0.25) is 11.8 Å². The standard InChI is InChI=1S/C19H28N2O4/c1-4-5-18(22)20-12-15-11-19(23)21(13-15)9-8-14-6-7-16(24-2)17(10-14)25-3/h6-7,10,15H,4-5,8-9,11-13H2,1-3H3,(H,20,22). The van der Waals surface area contributed by atoms with Gasteiger partial charge in [0.15, 0.2) is 11.5 Å². The summed E-state index contributed by atoms with van der Waals surface area (Å²) in [6, 6.07) is 5.82. The minimum atomic E-state index is 0.0683. The fraction of sp³-hybridized carbons (Fsp3) is 0.579. The first-order valence-electron chi connectivity index (χ1n) is 8.82. The van der Waals surface area contributed by atoms with Crippen LogP contribution in [0.3, 0.4) is 0 Å². The molecule has 6 nitrogen and oxygen atoms in total. The van der Waals surface area contributed by atoms with Crippen LogP contribution < -0.4 is 14.8 Å². The average Bonchev–Trinajstić information content (AvgIpc) is 2.98. The summed E-state index contributed by atoms with van der Waals surface area (Å²) in [5.74, 6) is 1.84. The van der Waals surface area contributed by atoms with Crippen LogP contribution in [0.1, 0.15) is 31.7 Å². The van der Waals surface area contributed by atoms with Crippen molar-refractivity contribution in [2.24, 2.45) is 5.92 Å². The van der Waals surface area contributed by atoms with Crippen molar-refractivity contribution in [3.05, 3.63) is 23.8 Å². The molecule has 1 aliphatic heterocycles. The van der Waals surface area contributed by atoms with Crippen LogP contribution in [0.25, 0.3) is 0 Å². The number of hydrogen-bond donors (Lipinski definition) is 1. The number of hydrogen-bond acceptors (Lipinski definition) is 4. The van der Waals surface area contributed by atoms with Crippen LogP contribution in [-0.2, 0) is 16.0 Å². The summed E-state index contributed by atoms with van der Waals surface area (Å²) in [5, 5.41) is 2.92. The van der Waals surface area contributed by atoms with Gasteiger partial charge in [0, 0.05) is 38.4 Å². The molecule has 1 atom stereocenters. The fourth-order valence-corrected chi connectivity index (χ4v) is 3.08. The van der Waals surface area contributed by atoms with Crippen LogP contribution in [0.5, 0.6) is 11.5 Å². The number of likely N-dealkylation sites (tertiary alicyclic amines) is 1. The smallest absolute Gasteiger partial charge is 0.223 e. The highest BCUT2D eigenvalue weighted by molar-refractivity contribution is 5.79. The molecule has 0 radical (unpaired) electrons. The molecule has 6 heteroatoms. The van der Waals surface area contributed by atoms with Crippen LogP contribution in [0.4, 0.5) is 0 Å². The Balaban J connectivity index is 1.83. The molecule has 25 heavy (non-hydrogen) atoms. The Bertz CT molecular complexity index is 603. The number of amides is 2. The maximum atomic E-state index is 12.2. The summed E-state index contributed by atoms with van der Waals surface area (Å²) in [6.45, 7) is 3.94. The largest absolute Gasteiger partial charge is 0.493 e. The number of nitrogens with one attached hydrogen (secondary N) is 1. The molecule has 1 aromatic carbocycles. The van der Waals surface area contributed by atoms with Crippen molar-refractivity contribution in [1.82, 2.24) is 10.2 Å². The van der Waals surface area contributed by atoms with E-state index in [0.29, 0.717) is 44.0 Å². The quantitative estimate of drug-likeness (QED) is 0.741. The van der Waals surface area contributed by atoms with E-state index in [-0.39, 0.29) is 17.7 Å². The van der Waals surface area contributed by atoms with Gasteiger partial charge in [-0.1, -0.05) is 13.0 Å². The van der Waals surface area contributed by atoms with E-state index >= 15 is 0 Å². The van der Waals surface area contributed by atoms with Gasteiger partial charge in [0.25, 0.3) is 0 Å². The van der Waals surface area contributed by atoms with E-state index in [2.05, 4.69) is 5.32 Å². The van der Waals surface area contributed by atoms with Crippen molar-refractivity contribution in [2.45, 2.75) is 32.6 Å². The van der Waals surface area contributed by atoms with E-state index < -0.39 is 0 Å². The Morgan fingerprint density at radius 1 is 1.28 bits per heavy atom. The molecule has 1 aliphatic rings. The van der Waals surface area contributed by atoms with Crippen molar-refractivity contribution in [1.29, 1.82) is 0 Å². The number of methoxy groups -OCH3 is 2. The third-order valence-electron chi connectivity index (χ3n) is 4.48. The summed E-state index contributed by atoms with van der Waals surface area (Å²) in [7, 11) is 3.23. The van der Waals surface area contributed by atoms with Crippen LogP contribution in [0.2, 0.25) is 0 Å². The molecule has 2 rings (SSSR count). The van der Waals surface area contributed by atoms with E-state index in [9.17, 15) is 9.59 Å². The monoisotopic (exact) mass is 348 g/mol. The van der Waals surface area contributed by atoms with Crippen molar-refractivity contribution < 1.29 is 19.1 Å². The number of carbonyl (C=O) groups is 2. The fourth-order valence-electron chi connectivity index (χ4n) is 3.08. The minimum absolute atomic E-state index is 0.0683. The summed E-state index contributed by atoms with van der Waals surface area (Å²) in [4.78, 5) is 25.6. The van der Waals surface area contributed by atoms with E-state index in [1.807, 2.05) is 30.0 Å². The molecule has 138 valence electrons. The second-order valence-electron chi connectivity index (χ2n) is 6.40. The molecular formula is C19H28N2O4. The highest BCUT2D eigenvalue weighted by Gasteiger charge is 2.29. The Hall–Kier alpha value is -2.24. The first-order chi connectivity index (χ1) is 12.1. The normalized spacial score (nSPS) is 16.8.